The molecule has 0 bridgehead atoms. The van der Waals surface area contributed by atoms with Gasteiger partial charge in [-0.1, -0.05) is 19.1 Å². The lowest BCUT2D eigenvalue weighted by molar-refractivity contribution is 0.457. The molecular weight excluding hydrogens is 422 g/mol. The highest BCUT2D eigenvalue weighted by Gasteiger charge is 2.02. The van der Waals surface area contributed by atoms with Crippen LogP contribution in [0.1, 0.15) is 18.9 Å². The quantitative estimate of drug-likeness (QED) is 0.405. The van der Waals surface area contributed by atoms with Gasteiger partial charge in [0.2, 0.25) is 5.88 Å². The molecule has 0 amide bonds. The largest absolute Gasteiger partial charge is 0.439 e. The van der Waals surface area contributed by atoms with Crippen LogP contribution in [-0.2, 0) is 6.54 Å². The van der Waals surface area contributed by atoms with Crippen molar-refractivity contribution in [1.82, 2.24) is 15.6 Å². The van der Waals surface area contributed by atoms with Crippen LogP contribution < -0.4 is 15.4 Å². The van der Waals surface area contributed by atoms with Gasteiger partial charge in [-0.05, 0) is 24.1 Å². The molecule has 0 saturated carbocycles. The Hall–Kier alpha value is -1.90. The van der Waals surface area contributed by atoms with E-state index in [1.54, 1.807) is 31.4 Å². The first-order valence-corrected chi connectivity index (χ1v) is 7.54. The monoisotopic (exact) mass is 444 g/mol. The summed E-state index contributed by atoms with van der Waals surface area (Å²) in [5.41, 5.74) is 0.996. The van der Waals surface area contributed by atoms with Crippen LogP contribution in [0, 0.1) is 5.82 Å². The molecule has 2 rings (SSSR count). The SMILES string of the molecule is CCCNC(=NC)NCc1ccc(Oc2cccc(F)c2)nc1.I. The number of benzene rings is 1. The molecule has 24 heavy (non-hydrogen) atoms. The Morgan fingerprint density at radius 1 is 1.25 bits per heavy atom. The molecule has 0 saturated heterocycles. The van der Waals surface area contributed by atoms with Crippen LogP contribution in [0.25, 0.3) is 0 Å². The summed E-state index contributed by atoms with van der Waals surface area (Å²) < 4.78 is 18.6. The van der Waals surface area contributed by atoms with Crippen molar-refractivity contribution in [2.75, 3.05) is 13.6 Å². The van der Waals surface area contributed by atoms with Crippen molar-refractivity contribution in [1.29, 1.82) is 0 Å². The van der Waals surface area contributed by atoms with Crippen LogP contribution in [0.3, 0.4) is 0 Å². The smallest absolute Gasteiger partial charge is 0.219 e. The van der Waals surface area contributed by atoms with Crippen LogP contribution >= 0.6 is 24.0 Å². The minimum Gasteiger partial charge on any atom is -0.439 e. The minimum atomic E-state index is -0.339. The maximum atomic E-state index is 13.1. The highest BCUT2D eigenvalue weighted by atomic mass is 127. The third kappa shape index (κ3) is 6.69. The Morgan fingerprint density at radius 2 is 2.08 bits per heavy atom. The Balaban J connectivity index is 0.00000288. The van der Waals surface area contributed by atoms with Crippen LogP contribution in [0.15, 0.2) is 47.6 Å². The van der Waals surface area contributed by atoms with Gasteiger partial charge in [0.1, 0.15) is 11.6 Å². The van der Waals surface area contributed by atoms with E-state index in [-0.39, 0.29) is 29.8 Å². The Kier molecular flexibility index (Phi) is 9.06. The lowest BCUT2D eigenvalue weighted by Gasteiger charge is -2.11. The Bertz CT molecular complexity index is 649. The normalized spacial score (nSPS) is 10.7. The molecule has 1 aromatic heterocycles. The average molecular weight is 444 g/mol. The molecule has 2 N–H and O–H groups in total. The van der Waals surface area contributed by atoms with Crippen LogP contribution in [0.2, 0.25) is 0 Å². The van der Waals surface area contributed by atoms with E-state index in [1.165, 1.54) is 12.1 Å². The number of pyridine rings is 1. The molecule has 1 heterocycles. The first-order valence-electron chi connectivity index (χ1n) is 7.54. The molecule has 0 fully saturated rings. The van der Waals surface area contributed by atoms with E-state index in [0.717, 1.165) is 24.5 Å². The number of aliphatic imine (C=N–C) groups is 1. The summed E-state index contributed by atoms with van der Waals surface area (Å²) in [6, 6.07) is 9.63. The van der Waals surface area contributed by atoms with Crippen LogP contribution in [-0.4, -0.2) is 24.5 Å². The fraction of sp³-hybridized carbons (Fsp3) is 0.294. The molecule has 0 aliphatic carbocycles. The number of halogens is 2. The molecule has 0 aliphatic heterocycles. The van der Waals surface area contributed by atoms with Gasteiger partial charge in [0.05, 0.1) is 0 Å². The van der Waals surface area contributed by atoms with Gasteiger partial charge >= 0.3 is 0 Å². The molecule has 130 valence electrons. The minimum absolute atomic E-state index is 0. The van der Waals surface area contributed by atoms with Gasteiger partial charge in [-0.3, -0.25) is 4.99 Å². The first-order chi connectivity index (χ1) is 11.2. The van der Waals surface area contributed by atoms with Crippen molar-refractivity contribution in [3.8, 4) is 11.6 Å². The maximum Gasteiger partial charge on any atom is 0.219 e. The van der Waals surface area contributed by atoms with Crippen LogP contribution in [0.5, 0.6) is 11.6 Å². The zero-order valence-electron chi connectivity index (χ0n) is 13.8. The summed E-state index contributed by atoms with van der Waals surface area (Å²) in [5, 5.41) is 6.40. The molecule has 7 heteroatoms. The average Bonchev–Trinajstić information content (AvgIpc) is 2.56. The maximum absolute atomic E-state index is 13.1. The zero-order valence-corrected chi connectivity index (χ0v) is 16.1. The van der Waals surface area contributed by atoms with E-state index >= 15 is 0 Å². The summed E-state index contributed by atoms with van der Waals surface area (Å²) in [6.07, 6.45) is 2.75. The zero-order chi connectivity index (χ0) is 16.5. The fourth-order valence-electron chi connectivity index (χ4n) is 1.88. The second kappa shape index (κ2) is 10.8. The second-order valence-corrected chi connectivity index (χ2v) is 4.92. The topological polar surface area (TPSA) is 58.5 Å². The number of rotatable bonds is 6. The highest BCUT2D eigenvalue weighted by molar-refractivity contribution is 14.0. The van der Waals surface area contributed by atoms with Gasteiger partial charge in [0, 0.05) is 38.5 Å². The summed E-state index contributed by atoms with van der Waals surface area (Å²) >= 11 is 0. The predicted octanol–water partition coefficient (Wildman–Crippen LogP) is 3.71. The van der Waals surface area contributed by atoms with Crippen molar-refractivity contribution < 1.29 is 9.13 Å². The number of guanidine groups is 1. The molecule has 1 aromatic carbocycles. The molecule has 0 unspecified atom stereocenters. The van der Waals surface area contributed by atoms with Crippen molar-refractivity contribution in [3.05, 3.63) is 54.0 Å². The van der Waals surface area contributed by atoms with Gasteiger partial charge in [-0.15, -0.1) is 24.0 Å². The number of nitrogens with one attached hydrogen (secondary N) is 2. The van der Waals surface area contributed by atoms with Crippen LogP contribution in [0.4, 0.5) is 4.39 Å². The van der Waals surface area contributed by atoms with Crippen molar-refractivity contribution in [3.63, 3.8) is 0 Å². The van der Waals surface area contributed by atoms with Gasteiger partial charge in [0.15, 0.2) is 5.96 Å². The lowest BCUT2D eigenvalue weighted by atomic mass is 10.3. The second-order valence-electron chi connectivity index (χ2n) is 4.92. The van der Waals surface area contributed by atoms with E-state index in [2.05, 4.69) is 27.5 Å². The van der Waals surface area contributed by atoms with Crippen molar-refractivity contribution in [2.45, 2.75) is 19.9 Å². The van der Waals surface area contributed by atoms with Gasteiger partial charge in [0.25, 0.3) is 0 Å². The summed E-state index contributed by atoms with van der Waals surface area (Å²) in [5.74, 6) is 1.27. The third-order valence-electron chi connectivity index (χ3n) is 3.04. The molecule has 0 radical (unpaired) electrons. The lowest BCUT2D eigenvalue weighted by Crippen LogP contribution is -2.37. The fourth-order valence-corrected chi connectivity index (χ4v) is 1.88. The van der Waals surface area contributed by atoms with E-state index in [4.69, 9.17) is 4.74 Å². The van der Waals surface area contributed by atoms with Gasteiger partial charge < -0.3 is 15.4 Å². The van der Waals surface area contributed by atoms with Crippen molar-refractivity contribution in [2.24, 2.45) is 4.99 Å². The number of hydrogen-bond donors (Lipinski definition) is 2. The molecular formula is C17H22FIN4O. The van der Waals surface area contributed by atoms with Crippen molar-refractivity contribution >= 4 is 29.9 Å². The molecule has 5 nitrogen and oxygen atoms in total. The Morgan fingerprint density at radius 3 is 2.71 bits per heavy atom. The van der Waals surface area contributed by atoms with E-state index < -0.39 is 0 Å². The molecule has 0 atom stereocenters. The third-order valence-corrected chi connectivity index (χ3v) is 3.04. The summed E-state index contributed by atoms with van der Waals surface area (Å²) in [6.45, 7) is 3.58. The van der Waals surface area contributed by atoms with E-state index in [0.29, 0.717) is 18.2 Å². The Labute approximate surface area is 158 Å². The number of aromatic nitrogens is 1. The van der Waals surface area contributed by atoms with E-state index in [1.807, 2.05) is 6.07 Å². The standard InChI is InChI=1S/C17H21FN4O.HI/c1-3-9-20-17(19-2)22-12-13-7-8-16(21-11-13)23-15-6-4-5-14(18)10-15;/h4-8,10-11H,3,9,12H2,1-2H3,(H2,19,20,22);1H. The van der Waals surface area contributed by atoms with Gasteiger partial charge in [-0.25, -0.2) is 9.37 Å². The summed E-state index contributed by atoms with van der Waals surface area (Å²) in [4.78, 5) is 8.36. The number of nitrogens with zero attached hydrogens (tertiary/aromatic N) is 2. The molecule has 0 aliphatic rings. The predicted molar refractivity (Wildman–Crippen MR) is 105 cm³/mol. The first kappa shape index (κ1) is 20.1. The number of ether oxygens (including phenoxy) is 1. The number of hydrogen-bond acceptors (Lipinski definition) is 3. The molecule has 0 spiro atoms. The molecule has 2 aromatic rings. The summed E-state index contributed by atoms with van der Waals surface area (Å²) in [7, 11) is 1.74. The highest BCUT2D eigenvalue weighted by Crippen LogP contribution is 2.19. The van der Waals surface area contributed by atoms with E-state index in [9.17, 15) is 4.39 Å². The van der Waals surface area contributed by atoms with Gasteiger partial charge in [-0.2, -0.15) is 0 Å².